The number of allylic oxidation sites excluding steroid dienone is 12. The van der Waals surface area contributed by atoms with Gasteiger partial charge in [0.25, 0.3) is 11.8 Å². The number of amides is 7. The van der Waals surface area contributed by atoms with Crippen LogP contribution in [0.5, 0.6) is 0 Å². The molecule has 0 aromatic heterocycles. The smallest absolute Gasteiger partial charge is 0.255 e. The van der Waals surface area contributed by atoms with E-state index in [1.54, 1.807) is 36.4 Å². The van der Waals surface area contributed by atoms with Gasteiger partial charge in [-0.2, -0.15) is 0 Å². The SMILES string of the molecule is CC/C=C\C/C=C\C/C=C\C/C=C\C/C=C\C/C=C\CCC(=O)Nc1cccc2c1CN(C1CCC(=O)NC1=O)C2=O.Nc1cccc2c1CN(C1CCC(=O)NC1=O)C2=O. The summed E-state index contributed by atoms with van der Waals surface area (Å²) in [6, 6.07) is 9.10. The third kappa shape index (κ3) is 12.9. The summed E-state index contributed by atoms with van der Waals surface area (Å²) in [6.45, 7) is 2.69. The molecule has 61 heavy (non-hydrogen) atoms. The van der Waals surface area contributed by atoms with Crippen molar-refractivity contribution in [2.75, 3.05) is 11.1 Å². The Hall–Kier alpha value is -6.63. The minimum absolute atomic E-state index is 0.130. The van der Waals surface area contributed by atoms with Crippen LogP contribution in [0.3, 0.4) is 0 Å². The second-order valence-corrected chi connectivity index (χ2v) is 15.0. The van der Waals surface area contributed by atoms with E-state index in [9.17, 15) is 33.6 Å². The normalized spacial score (nSPS) is 19.2. The van der Waals surface area contributed by atoms with E-state index in [0.717, 1.165) is 44.1 Å². The number of nitrogens with one attached hydrogen (secondary N) is 3. The van der Waals surface area contributed by atoms with Gasteiger partial charge in [0.2, 0.25) is 29.5 Å². The molecule has 0 radical (unpaired) electrons. The quantitative estimate of drug-likeness (QED) is 0.0754. The highest BCUT2D eigenvalue weighted by molar-refractivity contribution is 6.07. The average Bonchev–Trinajstić information content (AvgIpc) is 3.76. The number of anilines is 2. The Morgan fingerprint density at radius 1 is 0.639 bits per heavy atom. The second kappa shape index (κ2) is 23.2. The largest absolute Gasteiger partial charge is 0.398 e. The van der Waals surface area contributed by atoms with Gasteiger partial charge in [-0.15, -0.1) is 0 Å². The molecule has 2 saturated heterocycles. The average molecular weight is 829 g/mol. The number of piperidine rings is 2. The number of carbonyl (C=O) groups is 7. The highest BCUT2D eigenvalue weighted by Gasteiger charge is 2.41. The van der Waals surface area contributed by atoms with Gasteiger partial charge in [0.1, 0.15) is 12.1 Å². The zero-order valence-electron chi connectivity index (χ0n) is 34.8. The fraction of sp³-hybridized carbons (Fsp3) is 0.354. The number of rotatable bonds is 17. The molecule has 4 aliphatic heterocycles. The zero-order valence-corrected chi connectivity index (χ0v) is 34.8. The first-order valence-corrected chi connectivity index (χ1v) is 21.1. The lowest BCUT2D eigenvalue weighted by atomic mass is 10.0. The monoisotopic (exact) mass is 828 g/mol. The van der Waals surface area contributed by atoms with Crippen LogP contribution in [0.4, 0.5) is 11.4 Å². The highest BCUT2D eigenvalue weighted by Crippen LogP contribution is 2.33. The number of nitrogen functional groups attached to an aromatic ring is 1. The van der Waals surface area contributed by atoms with Gasteiger partial charge in [0.15, 0.2) is 0 Å². The molecular weight excluding hydrogens is 773 g/mol. The van der Waals surface area contributed by atoms with Crippen molar-refractivity contribution in [3.63, 3.8) is 0 Å². The van der Waals surface area contributed by atoms with E-state index in [1.807, 2.05) is 6.08 Å². The molecule has 0 bridgehead atoms. The van der Waals surface area contributed by atoms with Crippen LogP contribution in [0.2, 0.25) is 0 Å². The number of nitrogens with zero attached hydrogens (tertiary/aromatic N) is 2. The van der Waals surface area contributed by atoms with Crippen LogP contribution in [0.15, 0.2) is 109 Å². The molecule has 7 amide bonds. The van der Waals surface area contributed by atoms with Crippen LogP contribution < -0.4 is 21.7 Å². The molecule has 6 rings (SSSR count). The van der Waals surface area contributed by atoms with Crippen LogP contribution >= 0.6 is 0 Å². The lowest BCUT2D eigenvalue weighted by Crippen LogP contribution is -2.52. The number of imide groups is 2. The Labute approximate surface area is 357 Å². The van der Waals surface area contributed by atoms with Gasteiger partial charge < -0.3 is 20.9 Å². The van der Waals surface area contributed by atoms with Crippen molar-refractivity contribution in [3.8, 4) is 0 Å². The fourth-order valence-corrected chi connectivity index (χ4v) is 7.38. The molecule has 320 valence electrons. The molecular formula is C48H56N6O7. The van der Waals surface area contributed by atoms with E-state index >= 15 is 0 Å². The lowest BCUT2D eigenvalue weighted by molar-refractivity contribution is -0.138. The van der Waals surface area contributed by atoms with Gasteiger partial charge in [0, 0.05) is 66.0 Å². The number of hydrogen-bond donors (Lipinski definition) is 4. The van der Waals surface area contributed by atoms with Crippen LogP contribution in [-0.4, -0.2) is 63.2 Å². The Kier molecular flexibility index (Phi) is 17.3. The molecule has 4 heterocycles. The molecule has 2 unspecified atom stereocenters. The number of benzene rings is 2. The van der Waals surface area contributed by atoms with Gasteiger partial charge >= 0.3 is 0 Å². The fourth-order valence-electron chi connectivity index (χ4n) is 7.38. The van der Waals surface area contributed by atoms with Gasteiger partial charge in [-0.25, -0.2) is 0 Å². The van der Waals surface area contributed by atoms with Crippen molar-refractivity contribution in [1.82, 2.24) is 20.4 Å². The van der Waals surface area contributed by atoms with Crippen molar-refractivity contribution < 1.29 is 33.6 Å². The van der Waals surface area contributed by atoms with Crippen molar-refractivity contribution in [2.45, 2.75) is 109 Å². The molecule has 4 aliphatic rings. The van der Waals surface area contributed by atoms with Crippen molar-refractivity contribution >= 4 is 52.7 Å². The minimum atomic E-state index is -0.681. The molecule has 0 saturated carbocycles. The molecule has 2 aromatic rings. The summed E-state index contributed by atoms with van der Waals surface area (Å²) in [5.41, 5.74) is 9.48. The van der Waals surface area contributed by atoms with E-state index in [4.69, 9.17) is 5.73 Å². The van der Waals surface area contributed by atoms with Crippen LogP contribution in [-0.2, 0) is 37.1 Å². The minimum Gasteiger partial charge on any atom is -0.398 e. The number of hydrogen-bond acceptors (Lipinski definition) is 8. The van der Waals surface area contributed by atoms with Gasteiger partial charge in [-0.1, -0.05) is 92.0 Å². The van der Waals surface area contributed by atoms with Crippen LogP contribution in [0, 0.1) is 0 Å². The molecule has 0 aliphatic carbocycles. The van der Waals surface area contributed by atoms with Crippen molar-refractivity contribution in [2.24, 2.45) is 0 Å². The Bertz CT molecular complexity index is 2150. The summed E-state index contributed by atoms with van der Waals surface area (Å²) >= 11 is 0. The van der Waals surface area contributed by atoms with Crippen molar-refractivity contribution in [3.05, 3.63) is 132 Å². The first kappa shape index (κ1) is 45.5. The molecule has 2 atom stereocenters. The molecule has 2 fully saturated rings. The third-order valence-electron chi connectivity index (χ3n) is 10.6. The zero-order chi connectivity index (χ0) is 43.6. The summed E-state index contributed by atoms with van der Waals surface area (Å²) in [5, 5.41) is 7.50. The summed E-state index contributed by atoms with van der Waals surface area (Å²) < 4.78 is 0. The van der Waals surface area contributed by atoms with Crippen LogP contribution in [0.25, 0.3) is 0 Å². The molecule has 5 N–H and O–H groups in total. The molecule has 0 spiro atoms. The molecule has 13 nitrogen and oxygen atoms in total. The maximum atomic E-state index is 12.9. The van der Waals surface area contributed by atoms with E-state index in [-0.39, 0.29) is 48.9 Å². The predicted molar refractivity (Wildman–Crippen MR) is 235 cm³/mol. The summed E-state index contributed by atoms with van der Waals surface area (Å²) in [7, 11) is 0. The van der Waals surface area contributed by atoms with Gasteiger partial charge in [0.05, 0.1) is 0 Å². The van der Waals surface area contributed by atoms with E-state index in [0.29, 0.717) is 60.3 Å². The molecule has 2 aromatic carbocycles. The first-order chi connectivity index (χ1) is 29.6. The summed E-state index contributed by atoms with van der Waals surface area (Å²) in [4.78, 5) is 87.5. The molecule has 13 heteroatoms. The maximum absolute atomic E-state index is 12.9. The Morgan fingerprint density at radius 3 is 1.56 bits per heavy atom. The van der Waals surface area contributed by atoms with Gasteiger partial charge in [-0.3, -0.25) is 44.2 Å². The van der Waals surface area contributed by atoms with Crippen molar-refractivity contribution in [1.29, 1.82) is 0 Å². The highest BCUT2D eigenvalue weighted by atomic mass is 16.2. The first-order valence-electron chi connectivity index (χ1n) is 21.1. The topological polar surface area (TPSA) is 188 Å². The Balaban J connectivity index is 0.000000305. The van der Waals surface area contributed by atoms with Gasteiger partial charge in [-0.05, 0) is 82.1 Å². The third-order valence-corrected chi connectivity index (χ3v) is 10.6. The predicted octanol–water partition coefficient (Wildman–Crippen LogP) is 6.89. The second-order valence-electron chi connectivity index (χ2n) is 15.0. The number of nitrogens with two attached hydrogens (primary N) is 1. The summed E-state index contributed by atoms with van der Waals surface area (Å²) in [6.07, 6.45) is 33.6. The van der Waals surface area contributed by atoms with Crippen LogP contribution in [0.1, 0.15) is 116 Å². The standard InChI is InChI=1S/C35H43N3O4.C13H13N3O3/c1-2-3-4-5-6-7-8-9-10-11-12-13-14-15-16-17-18-19-20-24-32(39)36-30-23-21-22-28-29(30)27-38(35(28)42)31-25-26-33(40)37-34(31)41;14-9-3-1-2-7-8(9)6-16(13(7)19)10-4-5-11(17)15-12(10)18/h3-4,6-7,9-10,12-13,15-16,18-19,21-23,31H,2,5,8,11,14,17,20,24-27H2,1H3,(H,36,39)(H,37,40,41);1-3,10H,4-6,14H2,(H,15,17,18)/b4-3-,7-6-,10-9-,13-12-,16-15-,19-18-;. The Morgan fingerprint density at radius 2 is 1.08 bits per heavy atom. The van der Waals surface area contributed by atoms with E-state index in [2.05, 4.69) is 89.7 Å². The number of carbonyl (C=O) groups excluding carboxylic acids is 7. The lowest BCUT2D eigenvalue weighted by Gasteiger charge is -2.29. The van der Waals surface area contributed by atoms with E-state index < -0.39 is 23.9 Å². The number of fused-ring (bicyclic) bond motifs is 2. The van der Waals surface area contributed by atoms with E-state index in [1.165, 1.54) is 9.80 Å². The summed E-state index contributed by atoms with van der Waals surface area (Å²) in [5.74, 6) is -2.05. The maximum Gasteiger partial charge on any atom is 0.255 e.